The van der Waals surface area contributed by atoms with Crippen molar-refractivity contribution in [2.45, 2.75) is 91.6 Å². The molecular formula is C33H45NO3. The van der Waals surface area contributed by atoms with Gasteiger partial charge in [0.2, 0.25) is 0 Å². The van der Waals surface area contributed by atoms with Crippen molar-refractivity contribution in [3.8, 4) is 11.1 Å². The van der Waals surface area contributed by atoms with E-state index in [1.54, 1.807) is 0 Å². The van der Waals surface area contributed by atoms with Gasteiger partial charge in [-0.15, -0.1) is 0 Å². The first-order chi connectivity index (χ1) is 17.9. The minimum atomic E-state index is -0.758. The third-order valence-corrected chi connectivity index (χ3v) is 7.68. The summed E-state index contributed by atoms with van der Waals surface area (Å²) in [5.41, 5.74) is 9.46. The van der Waals surface area contributed by atoms with Crippen LogP contribution in [0.15, 0.2) is 54.6 Å². The Morgan fingerprint density at radius 3 is 2.14 bits per heavy atom. The van der Waals surface area contributed by atoms with Crippen LogP contribution in [-0.4, -0.2) is 21.9 Å². The first-order valence-electron chi connectivity index (χ1n) is 13.9. The summed E-state index contributed by atoms with van der Waals surface area (Å²) in [4.78, 5) is 0. The summed E-state index contributed by atoms with van der Waals surface area (Å²) in [7, 11) is 0. The highest BCUT2D eigenvalue weighted by molar-refractivity contribution is 5.72. The number of nitrogens with one attached hydrogen (secondary N) is 1. The molecule has 0 amide bonds. The summed E-state index contributed by atoms with van der Waals surface area (Å²) in [6.07, 6.45) is 5.53. The van der Waals surface area contributed by atoms with Gasteiger partial charge in [0.25, 0.3) is 0 Å². The molecule has 0 heterocycles. The van der Waals surface area contributed by atoms with Gasteiger partial charge in [0.15, 0.2) is 0 Å². The van der Waals surface area contributed by atoms with Crippen molar-refractivity contribution in [1.29, 1.82) is 0 Å². The largest absolute Gasteiger partial charge is 0.392 e. The smallest absolute Gasteiger partial charge is 0.0891 e. The van der Waals surface area contributed by atoms with Crippen molar-refractivity contribution in [3.05, 3.63) is 93.5 Å². The maximum absolute atomic E-state index is 11.1. The Morgan fingerprint density at radius 2 is 1.46 bits per heavy atom. The molecule has 4 nitrogen and oxygen atoms in total. The molecule has 200 valence electrons. The van der Waals surface area contributed by atoms with Gasteiger partial charge in [0.1, 0.15) is 0 Å². The predicted molar refractivity (Wildman–Crippen MR) is 153 cm³/mol. The number of aliphatic hydroxyl groups excluding tert-OH is 2. The molecule has 0 fully saturated rings. The maximum Gasteiger partial charge on any atom is 0.0891 e. The zero-order valence-electron chi connectivity index (χ0n) is 23.1. The summed E-state index contributed by atoms with van der Waals surface area (Å²) in [6.45, 7) is 10.0. The molecule has 0 aliphatic heterocycles. The van der Waals surface area contributed by atoms with Gasteiger partial charge in [0, 0.05) is 6.54 Å². The molecule has 3 rings (SSSR count). The summed E-state index contributed by atoms with van der Waals surface area (Å²) < 4.78 is 0. The molecule has 0 aliphatic carbocycles. The molecule has 37 heavy (non-hydrogen) atoms. The van der Waals surface area contributed by atoms with E-state index in [0.29, 0.717) is 12.8 Å². The predicted octanol–water partition coefficient (Wildman–Crippen LogP) is 6.33. The lowest BCUT2D eigenvalue weighted by Crippen LogP contribution is -2.23. The topological polar surface area (TPSA) is 72.7 Å². The fraction of sp³-hybridized carbons (Fsp3) is 0.455. The number of hydrogen-bond donors (Lipinski definition) is 4. The summed E-state index contributed by atoms with van der Waals surface area (Å²) in [5.74, 6) is 0. The van der Waals surface area contributed by atoms with E-state index in [-0.39, 0.29) is 13.2 Å². The Kier molecular flexibility index (Phi) is 10.9. The molecule has 0 unspecified atom stereocenters. The average molecular weight is 504 g/mol. The SMILES string of the molecule is CCCc1cc(C(O)(CC)CC)ccc1-c1cc(CCCNCc2ccc(CO)c(CO)c2)ccc1C. The van der Waals surface area contributed by atoms with Crippen LogP contribution in [0.1, 0.15) is 85.4 Å². The zero-order valence-corrected chi connectivity index (χ0v) is 23.1. The van der Waals surface area contributed by atoms with Crippen LogP contribution in [0.3, 0.4) is 0 Å². The third-order valence-electron chi connectivity index (χ3n) is 7.68. The molecule has 4 N–H and O–H groups in total. The summed E-state index contributed by atoms with van der Waals surface area (Å²) >= 11 is 0. The normalized spacial score (nSPS) is 11.8. The van der Waals surface area contributed by atoms with E-state index in [1.807, 2.05) is 18.2 Å². The summed E-state index contributed by atoms with van der Waals surface area (Å²) in [5, 5.41) is 33.5. The lowest BCUT2D eigenvalue weighted by molar-refractivity contribution is 0.0283. The van der Waals surface area contributed by atoms with Gasteiger partial charge < -0.3 is 20.6 Å². The number of hydrogen-bond acceptors (Lipinski definition) is 4. The van der Waals surface area contributed by atoms with Crippen molar-refractivity contribution in [2.24, 2.45) is 0 Å². The molecule has 4 heteroatoms. The van der Waals surface area contributed by atoms with E-state index in [2.05, 4.69) is 69.4 Å². The quantitative estimate of drug-likeness (QED) is 0.194. The van der Waals surface area contributed by atoms with E-state index in [1.165, 1.54) is 27.8 Å². The van der Waals surface area contributed by atoms with Gasteiger partial charge in [0.05, 0.1) is 18.8 Å². The fourth-order valence-electron chi connectivity index (χ4n) is 5.14. The van der Waals surface area contributed by atoms with Gasteiger partial charge in [-0.05, 0) is 95.6 Å². The minimum absolute atomic E-state index is 0.0497. The highest BCUT2D eigenvalue weighted by Crippen LogP contribution is 2.35. The highest BCUT2D eigenvalue weighted by atomic mass is 16.3. The molecule has 0 spiro atoms. The third kappa shape index (κ3) is 7.30. The number of benzene rings is 3. The van der Waals surface area contributed by atoms with E-state index < -0.39 is 5.60 Å². The number of rotatable bonds is 14. The van der Waals surface area contributed by atoms with Crippen molar-refractivity contribution in [2.75, 3.05) is 6.54 Å². The first kappa shape index (κ1) is 29.1. The van der Waals surface area contributed by atoms with Crippen LogP contribution in [0.5, 0.6) is 0 Å². The molecule has 0 aliphatic rings. The Bertz CT molecular complexity index is 1150. The second kappa shape index (κ2) is 13.9. The van der Waals surface area contributed by atoms with E-state index in [9.17, 15) is 15.3 Å². The van der Waals surface area contributed by atoms with Crippen molar-refractivity contribution in [3.63, 3.8) is 0 Å². The van der Waals surface area contributed by atoms with Gasteiger partial charge >= 0.3 is 0 Å². The van der Waals surface area contributed by atoms with E-state index in [4.69, 9.17) is 0 Å². The van der Waals surface area contributed by atoms with Crippen molar-refractivity contribution in [1.82, 2.24) is 5.32 Å². The lowest BCUT2D eigenvalue weighted by atomic mass is 9.84. The molecule has 3 aromatic carbocycles. The zero-order chi connectivity index (χ0) is 26.8. The second-order valence-electron chi connectivity index (χ2n) is 10.2. The highest BCUT2D eigenvalue weighted by Gasteiger charge is 2.25. The summed E-state index contributed by atoms with van der Waals surface area (Å²) in [6, 6.07) is 19.2. The average Bonchev–Trinajstić information content (AvgIpc) is 2.93. The van der Waals surface area contributed by atoms with E-state index in [0.717, 1.165) is 61.0 Å². The van der Waals surface area contributed by atoms with Crippen LogP contribution in [0, 0.1) is 6.92 Å². The molecule has 0 bridgehead atoms. The van der Waals surface area contributed by atoms with E-state index >= 15 is 0 Å². The van der Waals surface area contributed by atoms with Crippen molar-refractivity contribution < 1.29 is 15.3 Å². The molecule has 0 saturated carbocycles. The first-order valence-corrected chi connectivity index (χ1v) is 13.9. The lowest BCUT2D eigenvalue weighted by Gasteiger charge is -2.27. The van der Waals surface area contributed by atoms with Crippen LogP contribution >= 0.6 is 0 Å². The molecular weight excluding hydrogens is 458 g/mol. The molecule has 0 saturated heterocycles. The van der Waals surface area contributed by atoms with Crippen LogP contribution in [-0.2, 0) is 38.2 Å². The Morgan fingerprint density at radius 1 is 0.730 bits per heavy atom. The standard InChI is InChI=1S/C33H45NO3/c1-5-9-27-20-30(33(37,6-2)7-3)15-16-31(27)32-19-25(12-11-24(32)4)10-8-17-34-21-26-13-14-28(22-35)29(18-26)23-36/h11-16,18-20,34-37H,5-10,17,21-23H2,1-4H3. The van der Waals surface area contributed by atoms with Gasteiger partial charge in [-0.2, -0.15) is 0 Å². The monoisotopic (exact) mass is 503 g/mol. The number of aliphatic hydroxyl groups is 3. The van der Waals surface area contributed by atoms with Crippen LogP contribution < -0.4 is 5.32 Å². The Balaban J connectivity index is 1.68. The van der Waals surface area contributed by atoms with Crippen LogP contribution in [0.25, 0.3) is 11.1 Å². The molecule has 0 aromatic heterocycles. The Labute approximate surface area is 223 Å². The van der Waals surface area contributed by atoms with Gasteiger partial charge in [-0.25, -0.2) is 0 Å². The number of aryl methyl sites for hydroxylation is 3. The molecule has 0 radical (unpaired) electrons. The molecule has 3 aromatic rings. The second-order valence-corrected chi connectivity index (χ2v) is 10.2. The maximum atomic E-state index is 11.1. The van der Waals surface area contributed by atoms with Crippen molar-refractivity contribution >= 4 is 0 Å². The van der Waals surface area contributed by atoms with Gasteiger partial charge in [-0.1, -0.05) is 81.8 Å². The van der Waals surface area contributed by atoms with Gasteiger partial charge in [-0.3, -0.25) is 0 Å². The van der Waals surface area contributed by atoms with Crippen LogP contribution in [0.4, 0.5) is 0 Å². The Hall–Kier alpha value is -2.50. The minimum Gasteiger partial charge on any atom is -0.392 e. The fourth-order valence-corrected chi connectivity index (χ4v) is 5.14. The van der Waals surface area contributed by atoms with Crippen LogP contribution in [0.2, 0.25) is 0 Å². The molecule has 0 atom stereocenters.